The summed E-state index contributed by atoms with van der Waals surface area (Å²) in [5.74, 6) is 0. The molecule has 0 aromatic rings. The maximum atomic E-state index is 9.00. The van der Waals surface area contributed by atoms with Crippen LogP contribution in [0.25, 0.3) is 0 Å². The zero-order valence-electron chi connectivity index (χ0n) is 2.06. The molecule has 0 aliphatic rings. The number of hydrogen-bond acceptors (Lipinski definition) is 1. The Morgan fingerprint density at radius 3 is 1.40 bits per heavy atom. The van der Waals surface area contributed by atoms with E-state index in [2.05, 4.69) is 11.5 Å². The van der Waals surface area contributed by atoms with Crippen LogP contribution in [0.4, 0.5) is 4.79 Å². The molecule has 0 spiro atoms. The molecule has 28 valence electrons. The summed E-state index contributed by atoms with van der Waals surface area (Å²) < 4.78 is 0. The molecule has 4 heteroatoms. The van der Waals surface area contributed by atoms with Crippen LogP contribution in [0.1, 0.15) is 0 Å². The Kier molecular flexibility index (Phi) is 8.25. The van der Waals surface area contributed by atoms with Gasteiger partial charge in [-0.2, -0.15) is 0 Å². The van der Waals surface area contributed by atoms with Crippen molar-refractivity contribution in [1.82, 2.24) is 0 Å². The van der Waals surface area contributed by atoms with E-state index in [0.29, 0.717) is 0 Å². The van der Waals surface area contributed by atoms with Crippen molar-refractivity contribution < 1.29 is 4.79 Å². The van der Waals surface area contributed by atoms with Crippen molar-refractivity contribution in [3.8, 4) is 0 Å². The van der Waals surface area contributed by atoms with Gasteiger partial charge < -0.3 is 11.5 Å². The first-order chi connectivity index (χ1) is 1.73. The molecule has 0 aliphatic heterocycles. The van der Waals surface area contributed by atoms with Crippen LogP contribution in [0.15, 0.2) is 0 Å². The van der Waals surface area contributed by atoms with Gasteiger partial charge in [-0.15, -0.1) is 0 Å². The van der Waals surface area contributed by atoms with E-state index in [9.17, 15) is 0 Å². The van der Waals surface area contributed by atoms with Gasteiger partial charge in [-0.3, -0.25) is 0 Å². The maximum absolute atomic E-state index is 9.00. The molecule has 0 saturated heterocycles. The fourth-order valence-electron chi connectivity index (χ4n) is 0. The van der Waals surface area contributed by atoms with E-state index < -0.39 is 6.03 Å². The molecular formula is CH6CaN2O. The van der Waals surface area contributed by atoms with Crippen LogP contribution < -0.4 is 11.5 Å². The molecule has 0 aromatic heterocycles. The molecule has 0 radical (unpaired) electrons. The van der Waals surface area contributed by atoms with Crippen molar-refractivity contribution in [2.45, 2.75) is 0 Å². The Balaban J connectivity index is 0. The van der Waals surface area contributed by atoms with E-state index in [-0.39, 0.29) is 37.7 Å². The summed E-state index contributed by atoms with van der Waals surface area (Å²) in [6.07, 6.45) is 0. The monoisotopic (exact) mass is 102 g/mol. The van der Waals surface area contributed by atoms with Crippen LogP contribution in [0.5, 0.6) is 0 Å². The number of rotatable bonds is 0. The third kappa shape index (κ3) is 103. The number of urea groups is 1. The average Bonchev–Trinajstić information content (AvgIpc) is 0.811. The zero-order valence-corrected chi connectivity index (χ0v) is 2.06. The van der Waals surface area contributed by atoms with Crippen LogP contribution >= 0.6 is 0 Å². The van der Waals surface area contributed by atoms with Crippen molar-refractivity contribution in [3.63, 3.8) is 0 Å². The SMILES string of the molecule is NC(N)=O.[CaH2]. The van der Waals surface area contributed by atoms with Crippen molar-refractivity contribution in [1.29, 1.82) is 0 Å². The van der Waals surface area contributed by atoms with Crippen LogP contribution in [-0.4, -0.2) is 43.8 Å². The number of primary amides is 2. The Morgan fingerprint density at radius 2 is 1.40 bits per heavy atom. The van der Waals surface area contributed by atoms with E-state index in [1.807, 2.05) is 0 Å². The normalized spacial score (nSPS) is 4.80. The minimum absolute atomic E-state index is 0. The first-order valence-electron chi connectivity index (χ1n) is 0.781. The van der Waals surface area contributed by atoms with E-state index in [4.69, 9.17) is 4.79 Å². The van der Waals surface area contributed by atoms with Crippen molar-refractivity contribution >= 4 is 43.8 Å². The minimum atomic E-state index is -0.833. The van der Waals surface area contributed by atoms with E-state index in [0.717, 1.165) is 0 Å². The zero-order chi connectivity index (χ0) is 3.58. The van der Waals surface area contributed by atoms with Gasteiger partial charge in [0.2, 0.25) is 0 Å². The summed E-state index contributed by atoms with van der Waals surface area (Å²) in [7, 11) is 0. The Morgan fingerprint density at radius 1 is 1.40 bits per heavy atom. The summed E-state index contributed by atoms with van der Waals surface area (Å²) in [4.78, 5) is 9.00. The second kappa shape index (κ2) is 4.53. The molecule has 0 aliphatic carbocycles. The molecule has 0 rings (SSSR count). The molecule has 0 unspecified atom stereocenters. The first kappa shape index (κ1) is 9.11. The van der Waals surface area contributed by atoms with Gasteiger partial charge in [-0.1, -0.05) is 0 Å². The van der Waals surface area contributed by atoms with Crippen LogP contribution in [-0.2, 0) is 0 Å². The summed E-state index contributed by atoms with van der Waals surface area (Å²) in [5, 5.41) is 0. The van der Waals surface area contributed by atoms with Crippen LogP contribution in [0, 0.1) is 0 Å². The fourth-order valence-corrected chi connectivity index (χ4v) is 0. The number of carbonyl (C=O) groups excluding carboxylic acids is 1. The Hall–Kier alpha value is 0.530. The molecule has 0 atom stereocenters. The van der Waals surface area contributed by atoms with E-state index in [1.165, 1.54) is 0 Å². The molecule has 0 heterocycles. The molecule has 0 aromatic carbocycles. The summed E-state index contributed by atoms with van der Waals surface area (Å²) in [6.45, 7) is 0. The fraction of sp³-hybridized carbons (Fsp3) is 0. The van der Waals surface area contributed by atoms with Gasteiger partial charge in [0, 0.05) is 0 Å². The first-order valence-corrected chi connectivity index (χ1v) is 0.781. The molecule has 3 nitrogen and oxygen atoms in total. The quantitative estimate of drug-likeness (QED) is 0.345. The molecule has 4 N–H and O–H groups in total. The summed E-state index contributed by atoms with van der Waals surface area (Å²) in [6, 6.07) is -0.833. The van der Waals surface area contributed by atoms with Crippen molar-refractivity contribution in [2.24, 2.45) is 11.5 Å². The van der Waals surface area contributed by atoms with Gasteiger partial charge in [0.05, 0.1) is 0 Å². The van der Waals surface area contributed by atoms with Gasteiger partial charge in [0.15, 0.2) is 0 Å². The molecule has 0 saturated carbocycles. The summed E-state index contributed by atoms with van der Waals surface area (Å²) in [5.41, 5.74) is 8.50. The van der Waals surface area contributed by atoms with E-state index in [1.54, 1.807) is 0 Å². The third-order valence-corrected chi connectivity index (χ3v) is 0. The molecule has 0 bridgehead atoms. The average molecular weight is 102 g/mol. The summed E-state index contributed by atoms with van der Waals surface area (Å²) >= 11 is 0. The molecule has 5 heavy (non-hydrogen) atoms. The topological polar surface area (TPSA) is 69.1 Å². The van der Waals surface area contributed by atoms with Gasteiger partial charge in [0.1, 0.15) is 0 Å². The molecule has 0 fully saturated rings. The number of amides is 2. The van der Waals surface area contributed by atoms with Gasteiger partial charge >= 0.3 is 43.8 Å². The second-order valence-corrected chi connectivity index (χ2v) is 0.402. The predicted molar refractivity (Wildman–Crippen MR) is 22.3 cm³/mol. The molecular weight excluding hydrogens is 96.1 g/mol. The van der Waals surface area contributed by atoms with Crippen LogP contribution in [0.3, 0.4) is 0 Å². The van der Waals surface area contributed by atoms with Gasteiger partial charge in [0.25, 0.3) is 0 Å². The second-order valence-electron chi connectivity index (χ2n) is 0.402. The number of nitrogens with two attached hydrogens (primary N) is 2. The standard InChI is InChI=1S/CH4N2O.Ca.2H/c2-1(3)4;;;/h(H4,2,3,4);;;. The van der Waals surface area contributed by atoms with Gasteiger partial charge in [-0.25, -0.2) is 4.79 Å². The molecule has 2 amide bonds. The van der Waals surface area contributed by atoms with Crippen molar-refractivity contribution in [2.75, 3.05) is 0 Å². The predicted octanol–water partition coefficient (Wildman–Crippen LogP) is -1.89. The van der Waals surface area contributed by atoms with Crippen molar-refractivity contribution in [3.05, 3.63) is 0 Å². The Bertz CT molecular complexity index is 32.6. The van der Waals surface area contributed by atoms with E-state index >= 15 is 0 Å². The third-order valence-electron chi connectivity index (χ3n) is 0. The number of hydrogen-bond donors (Lipinski definition) is 2. The number of carbonyl (C=O) groups is 1. The van der Waals surface area contributed by atoms with Gasteiger partial charge in [-0.05, 0) is 0 Å². The van der Waals surface area contributed by atoms with Crippen LogP contribution in [0.2, 0.25) is 0 Å². The Labute approximate surface area is 59.7 Å².